The van der Waals surface area contributed by atoms with Gasteiger partial charge in [0.2, 0.25) is 5.91 Å². The first-order valence-electron chi connectivity index (χ1n) is 12.5. The van der Waals surface area contributed by atoms with E-state index in [9.17, 15) is 9.59 Å². The molecule has 0 saturated carbocycles. The molecule has 2 saturated heterocycles. The monoisotopic (exact) mass is 471 g/mol. The van der Waals surface area contributed by atoms with Crippen LogP contribution in [-0.2, 0) is 4.79 Å². The van der Waals surface area contributed by atoms with E-state index in [1.54, 1.807) is 0 Å². The van der Waals surface area contributed by atoms with E-state index >= 15 is 0 Å². The molecule has 8 N–H and O–H groups in total. The number of nitrogens with two attached hydrogens (primary N) is 1. The van der Waals surface area contributed by atoms with Gasteiger partial charge < -0.3 is 37.6 Å². The summed E-state index contributed by atoms with van der Waals surface area (Å²) in [5.41, 5.74) is 5.46. The van der Waals surface area contributed by atoms with E-state index in [-0.39, 0.29) is 24.0 Å². The Morgan fingerprint density at radius 3 is 2.19 bits per heavy atom. The summed E-state index contributed by atoms with van der Waals surface area (Å²) in [4.78, 5) is 23.4. The van der Waals surface area contributed by atoms with Crippen LogP contribution in [0.1, 0.15) is 51.4 Å². The van der Waals surface area contributed by atoms with Crippen LogP contribution in [0, 0.1) is 0 Å². The second-order valence-corrected chi connectivity index (χ2v) is 9.94. The Morgan fingerprint density at radius 2 is 1.50 bits per heavy atom. The molecule has 2 heterocycles. The Morgan fingerprint density at radius 1 is 0.875 bits per heavy atom. The summed E-state index contributed by atoms with van der Waals surface area (Å²) in [6.45, 7) is 7.68. The molecule has 0 aromatic rings. The Labute approximate surface area is 197 Å². The van der Waals surface area contributed by atoms with Crippen LogP contribution in [-0.4, -0.2) is 87.4 Å². The first-order chi connectivity index (χ1) is 15.7. The molecule has 32 heavy (non-hydrogen) atoms. The second kappa shape index (κ2) is 17.4. The van der Waals surface area contributed by atoms with Crippen LogP contribution < -0.4 is 37.6 Å². The van der Waals surface area contributed by atoms with Crippen molar-refractivity contribution < 1.29 is 9.59 Å². The van der Waals surface area contributed by atoms with Crippen LogP contribution in [0.5, 0.6) is 0 Å². The average molecular weight is 472 g/mol. The summed E-state index contributed by atoms with van der Waals surface area (Å²) in [7, 11) is 0. The maximum atomic E-state index is 12.0. The molecule has 2 aliphatic heterocycles. The molecule has 0 radical (unpaired) electrons. The van der Waals surface area contributed by atoms with Gasteiger partial charge in [0.1, 0.15) is 0 Å². The number of fused-ring (bicyclic) bond motifs is 1. The molecule has 186 valence electrons. The molecule has 2 fully saturated rings. The number of hydrogen-bond acceptors (Lipinski definition) is 7. The lowest BCUT2D eigenvalue weighted by molar-refractivity contribution is -0.121. The lowest BCUT2D eigenvalue weighted by atomic mass is 10.0. The van der Waals surface area contributed by atoms with Gasteiger partial charge in [-0.3, -0.25) is 4.79 Å². The van der Waals surface area contributed by atoms with E-state index < -0.39 is 0 Å². The smallest absolute Gasteiger partial charge is 0.315 e. The molecule has 2 aliphatic rings. The van der Waals surface area contributed by atoms with Gasteiger partial charge in [0.25, 0.3) is 0 Å². The number of thioether (sulfide) groups is 1. The molecule has 0 aromatic heterocycles. The SMILES string of the molecule is NCCCNCCCNCCCCNCCCNC(=O)CCC[C@@H]1SC[C@@H]2NC(=O)N[C@@H]21. The number of amides is 3. The van der Waals surface area contributed by atoms with Crippen LogP contribution in [0.15, 0.2) is 0 Å². The first kappa shape index (κ1) is 27.2. The maximum Gasteiger partial charge on any atom is 0.315 e. The molecule has 0 unspecified atom stereocenters. The minimum atomic E-state index is -0.0496. The number of rotatable bonds is 20. The predicted octanol–water partition coefficient (Wildman–Crippen LogP) is 0.116. The molecule has 9 nitrogen and oxygen atoms in total. The molecule has 3 atom stereocenters. The number of hydrogen-bond donors (Lipinski definition) is 7. The minimum Gasteiger partial charge on any atom is -0.356 e. The van der Waals surface area contributed by atoms with Crippen LogP contribution in [0.3, 0.4) is 0 Å². The molecule has 0 spiro atoms. The largest absolute Gasteiger partial charge is 0.356 e. The van der Waals surface area contributed by atoms with E-state index in [2.05, 4.69) is 31.9 Å². The van der Waals surface area contributed by atoms with Crippen molar-refractivity contribution in [1.29, 1.82) is 0 Å². The summed E-state index contributed by atoms with van der Waals surface area (Å²) in [5.74, 6) is 1.11. The van der Waals surface area contributed by atoms with Crippen molar-refractivity contribution in [1.82, 2.24) is 31.9 Å². The van der Waals surface area contributed by atoms with Crippen molar-refractivity contribution in [2.24, 2.45) is 5.73 Å². The lowest BCUT2D eigenvalue weighted by Crippen LogP contribution is -2.37. The first-order valence-corrected chi connectivity index (χ1v) is 13.5. The number of nitrogens with one attached hydrogen (secondary N) is 6. The van der Waals surface area contributed by atoms with Crippen LogP contribution in [0.4, 0.5) is 4.79 Å². The molecular formula is C22H45N7O2S. The molecule has 0 aliphatic carbocycles. The number of carbonyl (C=O) groups excluding carboxylic acids is 2. The van der Waals surface area contributed by atoms with Crippen molar-refractivity contribution in [3.05, 3.63) is 0 Å². The van der Waals surface area contributed by atoms with Gasteiger partial charge in [-0.1, -0.05) is 0 Å². The predicted molar refractivity (Wildman–Crippen MR) is 133 cm³/mol. The highest BCUT2D eigenvalue weighted by Gasteiger charge is 2.42. The van der Waals surface area contributed by atoms with Crippen molar-refractivity contribution in [3.8, 4) is 0 Å². The van der Waals surface area contributed by atoms with Crippen LogP contribution >= 0.6 is 11.8 Å². The molecular weight excluding hydrogens is 426 g/mol. The van der Waals surface area contributed by atoms with E-state index in [0.29, 0.717) is 11.7 Å². The molecule has 2 rings (SSSR count). The summed E-state index contributed by atoms with van der Waals surface area (Å²) in [6, 6.07) is 0.437. The van der Waals surface area contributed by atoms with E-state index in [0.717, 1.165) is 90.2 Å². The Balaban J connectivity index is 1.28. The Kier molecular flexibility index (Phi) is 14.8. The average Bonchev–Trinajstić information content (AvgIpc) is 3.33. The Bertz CT molecular complexity index is 527. The van der Waals surface area contributed by atoms with Crippen molar-refractivity contribution >= 4 is 23.7 Å². The minimum absolute atomic E-state index is 0.0496. The van der Waals surface area contributed by atoms with E-state index in [1.807, 2.05) is 11.8 Å². The summed E-state index contributed by atoms with van der Waals surface area (Å²) in [6.07, 6.45) is 7.94. The molecule has 0 bridgehead atoms. The van der Waals surface area contributed by atoms with Crippen molar-refractivity contribution in [2.75, 3.05) is 58.1 Å². The van der Waals surface area contributed by atoms with Gasteiger partial charge in [0, 0.05) is 24.0 Å². The lowest BCUT2D eigenvalue weighted by Gasteiger charge is -2.16. The van der Waals surface area contributed by atoms with Crippen molar-refractivity contribution in [3.63, 3.8) is 0 Å². The van der Waals surface area contributed by atoms with Gasteiger partial charge in [0.05, 0.1) is 12.1 Å². The van der Waals surface area contributed by atoms with Crippen LogP contribution in [0.25, 0.3) is 0 Å². The molecule has 3 amide bonds. The quantitative estimate of drug-likeness (QED) is 0.0991. The standard InChI is InChI=1S/C22H45N7O2S/c23-9-4-12-26-14-5-13-24-10-1-2-11-25-15-6-16-27-20(30)8-3-7-19-21-18(17-32-19)28-22(31)29-21/h18-19,21,24-26H,1-17,23H2,(H,27,30)(H2,28,29,31)/t18-,19-,21-/m0/s1. The third kappa shape index (κ3) is 11.7. The van der Waals surface area contributed by atoms with E-state index in [4.69, 9.17) is 5.73 Å². The number of unbranched alkanes of at least 4 members (excludes halogenated alkanes) is 1. The fourth-order valence-corrected chi connectivity index (χ4v) is 5.62. The van der Waals surface area contributed by atoms with Gasteiger partial charge >= 0.3 is 6.03 Å². The zero-order chi connectivity index (χ0) is 22.9. The van der Waals surface area contributed by atoms with Crippen molar-refractivity contribution in [2.45, 2.75) is 68.7 Å². The van der Waals surface area contributed by atoms with Crippen LogP contribution in [0.2, 0.25) is 0 Å². The summed E-state index contributed by atoms with van der Waals surface area (Å²) < 4.78 is 0. The number of urea groups is 1. The molecule has 0 aromatic carbocycles. The van der Waals surface area contributed by atoms with Gasteiger partial charge in [-0.05, 0) is 90.8 Å². The number of carbonyl (C=O) groups is 2. The summed E-state index contributed by atoms with van der Waals surface area (Å²) >= 11 is 1.90. The highest BCUT2D eigenvalue weighted by atomic mass is 32.2. The van der Waals surface area contributed by atoms with Gasteiger partial charge in [0.15, 0.2) is 0 Å². The highest BCUT2D eigenvalue weighted by molar-refractivity contribution is 8.00. The third-order valence-corrected chi connectivity index (χ3v) is 7.41. The molecule has 10 heteroatoms. The normalized spacial score (nSPS) is 21.9. The third-order valence-electron chi connectivity index (χ3n) is 5.91. The maximum absolute atomic E-state index is 12.0. The second-order valence-electron chi connectivity index (χ2n) is 8.67. The zero-order valence-electron chi connectivity index (χ0n) is 19.6. The fraction of sp³-hybridized carbons (Fsp3) is 0.909. The Hall–Kier alpha value is -1.07. The topological polar surface area (TPSA) is 132 Å². The highest BCUT2D eigenvalue weighted by Crippen LogP contribution is 2.32. The summed E-state index contributed by atoms with van der Waals surface area (Å²) in [5, 5.41) is 19.7. The van der Waals surface area contributed by atoms with E-state index in [1.165, 1.54) is 12.8 Å². The van der Waals surface area contributed by atoms with Gasteiger partial charge in [-0.2, -0.15) is 11.8 Å². The fourth-order valence-electron chi connectivity index (χ4n) is 4.08. The zero-order valence-corrected chi connectivity index (χ0v) is 20.4. The van der Waals surface area contributed by atoms with Gasteiger partial charge in [-0.15, -0.1) is 0 Å². The van der Waals surface area contributed by atoms with Gasteiger partial charge in [-0.25, -0.2) is 4.79 Å².